The van der Waals surface area contributed by atoms with Crippen molar-refractivity contribution in [1.29, 1.82) is 0 Å². The first-order valence-electron chi connectivity index (χ1n) is 6.67. The van der Waals surface area contributed by atoms with Gasteiger partial charge in [0, 0.05) is 31.3 Å². The van der Waals surface area contributed by atoms with Crippen molar-refractivity contribution in [3.05, 3.63) is 0 Å². The van der Waals surface area contributed by atoms with Crippen molar-refractivity contribution in [2.24, 2.45) is 11.7 Å². The largest absolute Gasteiger partial charge is 0.381 e. The number of hydrogen-bond donors (Lipinski definition) is 1. The summed E-state index contributed by atoms with van der Waals surface area (Å²) in [5.41, 5.74) is 6.08. The van der Waals surface area contributed by atoms with Gasteiger partial charge in [-0.05, 0) is 52.0 Å². The van der Waals surface area contributed by atoms with Crippen LogP contribution in [-0.4, -0.2) is 42.8 Å². The maximum atomic E-state index is 6.14. The number of nitrogens with two attached hydrogens (primary N) is 1. The van der Waals surface area contributed by atoms with Gasteiger partial charge in [0.15, 0.2) is 0 Å². The van der Waals surface area contributed by atoms with E-state index in [2.05, 4.69) is 18.7 Å². The third-order valence-electron chi connectivity index (χ3n) is 3.83. The maximum Gasteiger partial charge on any atom is 0.0469 e. The Bertz CT molecular complexity index is 218. The molecule has 1 unspecified atom stereocenters. The zero-order chi connectivity index (χ0) is 11.6. The van der Waals surface area contributed by atoms with Crippen molar-refractivity contribution in [2.75, 3.05) is 26.3 Å². The Morgan fingerprint density at radius 3 is 2.56 bits per heavy atom. The van der Waals surface area contributed by atoms with Crippen LogP contribution in [0.1, 0.15) is 39.5 Å². The lowest BCUT2D eigenvalue weighted by molar-refractivity contribution is 0.0328. The third kappa shape index (κ3) is 3.19. The topological polar surface area (TPSA) is 38.5 Å². The van der Waals surface area contributed by atoms with Crippen LogP contribution in [0.3, 0.4) is 0 Å². The fraction of sp³-hybridized carbons (Fsp3) is 1.00. The smallest absolute Gasteiger partial charge is 0.0469 e. The maximum absolute atomic E-state index is 6.14. The first kappa shape index (κ1) is 12.3. The zero-order valence-corrected chi connectivity index (χ0v) is 10.7. The molecular weight excluding hydrogens is 200 g/mol. The van der Waals surface area contributed by atoms with E-state index < -0.39 is 0 Å². The van der Waals surface area contributed by atoms with Crippen LogP contribution in [0.15, 0.2) is 0 Å². The van der Waals surface area contributed by atoms with Gasteiger partial charge in [-0.25, -0.2) is 0 Å². The molecular formula is C13H26N2O. The van der Waals surface area contributed by atoms with E-state index in [0.29, 0.717) is 0 Å². The summed E-state index contributed by atoms with van der Waals surface area (Å²) in [5.74, 6) is 0.846. The molecule has 0 aliphatic carbocycles. The van der Waals surface area contributed by atoms with Crippen LogP contribution in [-0.2, 0) is 4.74 Å². The van der Waals surface area contributed by atoms with Gasteiger partial charge in [0.1, 0.15) is 0 Å². The fourth-order valence-corrected chi connectivity index (χ4v) is 3.21. The lowest BCUT2D eigenvalue weighted by atomic mass is 9.89. The Kier molecular flexibility index (Phi) is 3.88. The monoisotopic (exact) mass is 226 g/mol. The number of nitrogens with zero attached hydrogens (tertiary/aromatic N) is 1. The average molecular weight is 226 g/mol. The minimum absolute atomic E-state index is 0.0617. The van der Waals surface area contributed by atoms with Gasteiger partial charge >= 0.3 is 0 Å². The van der Waals surface area contributed by atoms with Crippen LogP contribution in [0.2, 0.25) is 0 Å². The number of ether oxygens (including phenoxy) is 1. The van der Waals surface area contributed by atoms with E-state index in [4.69, 9.17) is 10.5 Å². The summed E-state index contributed by atoms with van der Waals surface area (Å²) in [7, 11) is 0. The van der Waals surface area contributed by atoms with Crippen molar-refractivity contribution in [1.82, 2.24) is 4.90 Å². The van der Waals surface area contributed by atoms with Crippen LogP contribution in [0.4, 0.5) is 0 Å². The SMILES string of the molecule is CC(C)(N)CN1CCCC1C1CCOCC1. The van der Waals surface area contributed by atoms with Gasteiger partial charge < -0.3 is 10.5 Å². The minimum Gasteiger partial charge on any atom is -0.381 e. The van der Waals surface area contributed by atoms with Crippen LogP contribution in [0.25, 0.3) is 0 Å². The van der Waals surface area contributed by atoms with Crippen molar-refractivity contribution in [3.8, 4) is 0 Å². The molecule has 0 amide bonds. The molecule has 0 spiro atoms. The van der Waals surface area contributed by atoms with E-state index in [-0.39, 0.29) is 5.54 Å². The Morgan fingerprint density at radius 1 is 1.25 bits per heavy atom. The number of likely N-dealkylation sites (tertiary alicyclic amines) is 1. The van der Waals surface area contributed by atoms with Crippen LogP contribution < -0.4 is 5.73 Å². The Balaban J connectivity index is 1.91. The summed E-state index contributed by atoms with van der Waals surface area (Å²) in [6.45, 7) is 8.46. The summed E-state index contributed by atoms with van der Waals surface area (Å²) < 4.78 is 5.45. The predicted octanol–water partition coefficient (Wildman–Crippen LogP) is 1.61. The molecule has 2 N–H and O–H groups in total. The molecule has 0 aromatic heterocycles. The molecule has 0 aromatic rings. The minimum atomic E-state index is -0.0617. The molecule has 0 bridgehead atoms. The summed E-state index contributed by atoms with van der Waals surface area (Å²) in [5, 5.41) is 0. The van der Waals surface area contributed by atoms with Gasteiger partial charge in [0.2, 0.25) is 0 Å². The molecule has 94 valence electrons. The molecule has 2 heterocycles. The van der Waals surface area contributed by atoms with E-state index in [1.807, 2.05) is 0 Å². The van der Waals surface area contributed by atoms with Gasteiger partial charge in [-0.1, -0.05) is 0 Å². The highest BCUT2D eigenvalue weighted by molar-refractivity contribution is 4.90. The van der Waals surface area contributed by atoms with E-state index in [1.165, 1.54) is 32.2 Å². The molecule has 0 radical (unpaired) electrons. The number of hydrogen-bond acceptors (Lipinski definition) is 3. The first-order valence-corrected chi connectivity index (χ1v) is 6.67. The van der Waals surface area contributed by atoms with E-state index in [1.54, 1.807) is 0 Å². The standard InChI is InChI=1S/C13H26N2O/c1-13(2,14)10-15-7-3-4-12(15)11-5-8-16-9-6-11/h11-12H,3-10,14H2,1-2H3. The van der Waals surface area contributed by atoms with Crippen LogP contribution in [0.5, 0.6) is 0 Å². The van der Waals surface area contributed by atoms with Gasteiger partial charge in [0.25, 0.3) is 0 Å². The van der Waals surface area contributed by atoms with Crippen molar-refractivity contribution < 1.29 is 4.74 Å². The summed E-state index contributed by atoms with van der Waals surface area (Å²) in [4.78, 5) is 2.62. The zero-order valence-electron chi connectivity index (χ0n) is 10.7. The first-order chi connectivity index (χ1) is 7.56. The predicted molar refractivity (Wildman–Crippen MR) is 66.4 cm³/mol. The highest BCUT2D eigenvalue weighted by atomic mass is 16.5. The second kappa shape index (κ2) is 5.03. The quantitative estimate of drug-likeness (QED) is 0.794. The molecule has 3 nitrogen and oxygen atoms in total. The molecule has 16 heavy (non-hydrogen) atoms. The lowest BCUT2D eigenvalue weighted by Gasteiger charge is -2.37. The molecule has 2 saturated heterocycles. The summed E-state index contributed by atoms with van der Waals surface area (Å²) in [6.07, 6.45) is 5.19. The molecule has 3 heteroatoms. The van der Waals surface area contributed by atoms with Gasteiger partial charge in [0.05, 0.1) is 0 Å². The van der Waals surface area contributed by atoms with Gasteiger partial charge in [-0.2, -0.15) is 0 Å². The van der Waals surface area contributed by atoms with E-state index in [9.17, 15) is 0 Å². The van der Waals surface area contributed by atoms with Crippen LogP contribution >= 0.6 is 0 Å². The third-order valence-corrected chi connectivity index (χ3v) is 3.83. The molecule has 2 fully saturated rings. The molecule has 1 atom stereocenters. The normalized spacial score (nSPS) is 29.8. The molecule has 2 rings (SSSR count). The Morgan fingerprint density at radius 2 is 1.94 bits per heavy atom. The van der Waals surface area contributed by atoms with Gasteiger partial charge in [-0.15, -0.1) is 0 Å². The lowest BCUT2D eigenvalue weighted by Crippen LogP contribution is -2.49. The number of rotatable bonds is 3. The van der Waals surface area contributed by atoms with Crippen molar-refractivity contribution in [2.45, 2.75) is 51.1 Å². The average Bonchev–Trinajstić information content (AvgIpc) is 2.64. The van der Waals surface area contributed by atoms with Crippen molar-refractivity contribution >= 4 is 0 Å². The summed E-state index contributed by atoms with van der Waals surface area (Å²) in [6, 6.07) is 0.770. The summed E-state index contributed by atoms with van der Waals surface area (Å²) >= 11 is 0. The molecule has 0 saturated carbocycles. The van der Waals surface area contributed by atoms with Gasteiger partial charge in [-0.3, -0.25) is 4.90 Å². The van der Waals surface area contributed by atoms with E-state index in [0.717, 1.165) is 31.7 Å². The van der Waals surface area contributed by atoms with E-state index >= 15 is 0 Å². The fourth-order valence-electron chi connectivity index (χ4n) is 3.21. The highest BCUT2D eigenvalue weighted by Gasteiger charge is 2.34. The molecule has 2 aliphatic heterocycles. The second-order valence-electron chi connectivity index (χ2n) is 6.12. The second-order valence-corrected chi connectivity index (χ2v) is 6.12. The van der Waals surface area contributed by atoms with Crippen molar-refractivity contribution in [3.63, 3.8) is 0 Å². The Hall–Kier alpha value is -0.120. The molecule has 0 aromatic carbocycles. The highest BCUT2D eigenvalue weighted by Crippen LogP contribution is 2.30. The molecule has 2 aliphatic rings. The Labute approximate surface area is 99.3 Å². The van der Waals surface area contributed by atoms with Crippen LogP contribution in [0, 0.1) is 5.92 Å².